The summed E-state index contributed by atoms with van der Waals surface area (Å²) in [6.07, 6.45) is 5.35. The van der Waals surface area contributed by atoms with Crippen LogP contribution in [-0.4, -0.2) is 35.7 Å². The van der Waals surface area contributed by atoms with E-state index >= 15 is 0 Å². The lowest BCUT2D eigenvalue weighted by atomic mass is 9.90. The zero-order chi connectivity index (χ0) is 10.6. The van der Waals surface area contributed by atoms with Crippen molar-refractivity contribution in [1.82, 2.24) is 5.32 Å². The zero-order valence-corrected chi connectivity index (χ0v) is 7.58. The Morgan fingerprint density at radius 3 is 2.43 bits per heavy atom. The van der Waals surface area contributed by atoms with Crippen molar-refractivity contribution in [2.75, 3.05) is 13.2 Å². The molecule has 5 nitrogen and oxygen atoms in total. The third-order valence-electron chi connectivity index (χ3n) is 2.24. The average molecular weight is 197 g/mol. The van der Waals surface area contributed by atoms with Gasteiger partial charge in [0.1, 0.15) is 5.54 Å². The van der Waals surface area contributed by atoms with Crippen LogP contribution >= 0.6 is 0 Å². The highest BCUT2D eigenvalue weighted by atomic mass is 16.5. The molecule has 0 spiro atoms. The summed E-state index contributed by atoms with van der Waals surface area (Å²) < 4.78 is 5.02. The number of carbonyl (C=O) groups is 2. The number of carboxylic acid groups (broad SMARTS) is 1. The van der Waals surface area contributed by atoms with Gasteiger partial charge in [-0.15, -0.1) is 6.42 Å². The van der Waals surface area contributed by atoms with Crippen LogP contribution in [0.4, 0.5) is 0 Å². The van der Waals surface area contributed by atoms with Crippen LogP contribution in [0.3, 0.4) is 0 Å². The molecule has 1 amide bonds. The summed E-state index contributed by atoms with van der Waals surface area (Å²) in [5.41, 5.74) is -1.25. The van der Waals surface area contributed by atoms with Crippen LogP contribution < -0.4 is 5.32 Å². The molecule has 14 heavy (non-hydrogen) atoms. The standard InChI is InChI=1S/C9H11NO4/c1-2-7(11)10-9(8(12)13)3-5-14-6-4-9/h1H,3-6H2,(H,10,11)(H,12,13). The van der Waals surface area contributed by atoms with E-state index in [-0.39, 0.29) is 12.8 Å². The molecule has 1 rings (SSSR count). The highest BCUT2D eigenvalue weighted by Gasteiger charge is 2.41. The molecule has 1 fully saturated rings. The Balaban J connectivity index is 2.76. The van der Waals surface area contributed by atoms with Crippen LogP contribution in [0, 0.1) is 12.3 Å². The number of terminal acetylenes is 1. The van der Waals surface area contributed by atoms with E-state index in [0.717, 1.165) is 0 Å². The summed E-state index contributed by atoms with van der Waals surface area (Å²) in [6.45, 7) is 0.633. The Kier molecular flexibility index (Phi) is 3.10. The predicted octanol–water partition coefficient (Wildman–Crippen LogP) is -0.630. The fourth-order valence-electron chi connectivity index (χ4n) is 1.37. The van der Waals surface area contributed by atoms with E-state index < -0.39 is 17.4 Å². The first-order valence-corrected chi connectivity index (χ1v) is 4.20. The third kappa shape index (κ3) is 2.03. The maximum Gasteiger partial charge on any atom is 0.329 e. The van der Waals surface area contributed by atoms with E-state index in [1.165, 1.54) is 0 Å². The van der Waals surface area contributed by atoms with E-state index in [4.69, 9.17) is 16.3 Å². The van der Waals surface area contributed by atoms with Crippen molar-refractivity contribution in [3.05, 3.63) is 0 Å². The molecule has 1 saturated heterocycles. The summed E-state index contributed by atoms with van der Waals surface area (Å²) in [7, 11) is 0. The van der Waals surface area contributed by atoms with Gasteiger partial charge in [-0.05, 0) is 5.92 Å². The molecule has 1 aliphatic heterocycles. The number of hydrogen-bond donors (Lipinski definition) is 2. The Morgan fingerprint density at radius 1 is 1.43 bits per heavy atom. The predicted molar refractivity (Wildman–Crippen MR) is 47.4 cm³/mol. The van der Waals surface area contributed by atoms with Crippen molar-refractivity contribution < 1.29 is 19.4 Å². The van der Waals surface area contributed by atoms with Gasteiger partial charge in [-0.25, -0.2) is 4.79 Å². The molecule has 0 bridgehead atoms. The first-order chi connectivity index (χ1) is 6.60. The summed E-state index contributed by atoms with van der Waals surface area (Å²) >= 11 is 0. The van der Waals surface area contributed by atoms with Gasteiger partial charge in [0.2, 0.25) is 0 Å². The number of carboxylic acids is 1. The quantitative estimate of drug-likeness (QED) is 0.578. The second kappa shape index (κ2) is 4.11. The SMILES string of the molecule is C#CC(=O)NC1(C(=O)O)CCOCC1. The van der Waals surface area contributed by atoms with E-state index in [0.29, 0.717) is 13.2 Å². The fraction of sp³-hybridized carbons (Fsp3) is 0.556. The van der Waals surface area contributed by atoms with E-state index in [2.05, 4.69) is 5.32 Å². The Labute approximate surface area is 81.4 Å². The second-order valence-corrected chi connectivity index (χ2v) is 3.10. The van der Waals surface area contributed by atoms with Gasteiger partial charge in [0.25, 0.3) is 5.91 Å². The van der Waals surface area contributed by atoms with E-state index in [9.17, 15) is 9.59 Å². The summed E-state index contributed by atoms with van der Waals surface area (Å²) in [6, 6.07) is 0. The van der Waals surface area contributed by atoms with E-state index in [1.54, 1.807) is 0 Å². The van der Waals surface area contributed by atoms with Crippen molar-refractivity contribution >= 4 is 11.9 Å². The smallest absolute Gasteiger partial charge is 0.329 e. The Bertz CT molecular complexity index is 286. The monoisotopic (exact) mass is 197 g/mol. The summed E-state index contributed by atoms with van der Waals surface area (Å²) in [5, 5.41) is 11.3. The lowest BCUT2D eigenvalue weighted by molar-refractivity contribution is -0.151. The number of rotatable bonds is 2. The minimum absolute atomic E-state index is 0.246. The largest absolute Gasteiger partial charge is 0.480 e. The van der Waals surface area contributed by atoms with Gasteiger partial charge in [-0.3, -0.25) is 4.79 Å². The van der Waals surface area contributed by atoms with Crippen LogP contribution in [0.5, 0.6) is 0 Å². The van der Waals surface area contributed by atoms with Crippen molar-refractivity contribution in [3.63, 3.8) is 0 Å². The Morgan fingerprint density at radius 2 is 2.00 bits per heavy atom. The molecule has 0 aromatic heterocycles. The first kappa shape index (κ1) is 10.5. The van der Waals surface area contributed by atoms with Crippen LogP contribution in [-0.2, 0) is 14.3 Å². The minimum atomic E-state index is -1.25. The van der Waals surface area contributed by atoms with Crippen LogP contribution in [0.1, 0.15) is 12.8 Å². The first-order valence-electron chi connectivity index (χ1n) is 4.20. The highest BCUT2D eigenvalue weighted by molar-refractivity contribution is 5.96. The van der Waals surface area contributed by atoms with Gasteiger partial charge >= 0.3 is 5.97 Å². The molecular formula is C9H11NO4. The molecule has 0 saturated carbocycles. The Hall–Kier alpha value is -1.54. The number of nitrogens with one attached hydrogen (secondary N) is 1. The number of aliphatic carboxylic acids is 1. The number of ether oxygens (including phenoxy) is 1. The molecule has 0 radical (unpaired) electrons. The van der Waals surface area contributed by atoms with E-state index in [1.807, 2.05) is 5.92 Å². The van der Waals surface area contributed by atoms with Crippen molar-refractivity contribution in [2.45, 2.75) is 18.4 Å². The van der Waals surface area contributed by atoms with Gasteiger partial charge in [-0.2, -0.15) is 0 Å². The maximum absolute atomic E-state index is 11.0. The summed E-state index contributed by atoms with van der Waals surface area (Å²) in [4.78, 5) is 21.9. The summed E-state index contributed by atoms with van der Waals surface area (Å²) in [5.74, 6) is 0.0726. The molecule has 0 unspecified atom stereocenters. The molecule has 0 aromatic carbocycles. The molecular weight excluding hydrogens is 186 g/mol. The second-order valence-electron chi connectivity index (χ2n) is 3.10. The zero-order valence-electron chi connectivity index (χ0n) is 7.58. The van der Waals surface area contributed by atoms with Crippen molar-refractivity contribution in [3.8, 4) is 12.3 Å². The molecule has 2 N–H and O–H groups in total. The molecule has 76 valence electrons. The molecule has 0 aromatic rings. The van der Waals surface area contributed by atoms with Gasteiger partial charge in [0.05, 0.1) is 0 Å². The molecule has 5 heteroatoms. The van der Waals surface area contributed by atoms with Gasteiger partial charge in [-0.1, -0.05) is 0 Å². The van der Waals surface area contributed by atoms with Crippen LogP contribution in [0.15, 0.2) is 0 Å². The van der Waals surface area contributed by atoms with Gasteiger partial charge in [0.15, 0.2) is 0 Å². The van der Waals surface area contributed by atoms with Crippen LogP contribution in [0.2, 0.25) is 0 Å². The van der Waals surface area contributed by atoms with Crippen molar-refractivity contribution in [2.24, 2.45) is 0 Å². The lowest BCUT2D eigenvalue weighted by Gasteiger charge is -2.33. The molecule has 1 heterocycles. The van der Waals surface area contributed by atoms with Gasteiger partial charge in [0, 0.05) is 26.1 Å². The molecule has 1 aliphatic rings. The topological polar surface area (TPSA) is 75.6 Å². The third-order valence-corrected chi connectivity index (χ3v) is 2.24. The van der Waals surface area contributed by atoms with Crippen LogP contribution in [0.25, 0.3) is 0 Å². The van der Waals surface area contributed by atoms with Crippen molar-refractivity contribution in [1.29, 1.82) is 0 Å². The number of hydrogen-bond acceptors (Lipinski definition) is 3. The lowest BCUT2D eigenvalue weighted by Crippen LogP contribution is -2.57. The molecule has 0 aliphatic carbocycles. The number of carbonyl (C=O) groups excluding carboxylic acids is 1. The fourth-order valence-corrected chi connectivity index (χ4v) is 1.37. The normalized spacial score (nSPS) is 19.4. The number of amides is 1. The average Bonchev–Trinajstić information content (AvgIpc) is 2.19. The molecule has 0 atom stereocenters. The maximum atomic E-state index is 11.0. The minimum Gasteiger partial charge on any atom is -0.480 e. The highest BCUT2D eigenvalue weighted by Crippen LogP contribution is 2.20. The van der Waals surface area contributed by atoms with Gasteiger partial charge < -0.3 is 15.2 Å².